The molecule has 2 aromatic rings. The van der Waals surface area contributed by atoms with E-state index in [2.05, 4.69) is 10.1 Å². The molecule has 0 bridgehead atoms. The number of ether oxygens (including phenoxy) is 1. The van der Waals surface area contributed by atoms with E-state index >= 15 is 0 Å². The number of rotatable bonds is 2. The van der Waals surface area contributed by atoms with E-state index in [0.29, 0.717) is 22.1 Å². The Labute approximate surface area is 101 Å². The van der Waals surface area contributed by atoms with Crippen molar-refractivity contribution in [1.82, 2.24) is 0 Å². The van der Waals surface area contributed by atoms with E-state index in [1.54, 1.807) is 25.2 Å². The topological polar surface area (TPSA) is 47.3 Å². The number of fused-ring (bicyclic) bond motifs is 1. The second-order valence-corrected chi connectivity index (χ2v) is 3.72. The van der Waals surface area contributed by atoms with Gasteiger partial charge >= 0.3 is 6.36 Å². The Morgan fingerprint density at radius 2 is 1.94 bits per heavy atom. The van der Waals surface area contributed by atoms with Crippen molar-refractivity contribution in [2.75, 3.05) is 18.1 Å². The lowest BCUT2D eigenvalue weighted by Crippen LogP contribution is -2.17. The lowest BCUT2D eigenvalue weighted by Gasteiger charge is -2.14. The first-order valence-electron chi connectivity index (χ1n) is 5.16. The average molecular weight is 256 g/mol. The van der Waals surface area contributed by atoms with E-state index in [9.17, 15) is 13.2 Å². The van der Waals surface area contributed by atoms with Gasteiger partial charge in [0.2, 0.25) is 0 Å². The first-order chi connectivity index (χ1) is 8.40. The summed E-state index contributed by atoms with van der Waals surface area (Å²) in [7, 11) is 1.61. The van der Waals surface area contributed by atoms with Crippen molar-refractivity contribution in [2.24, 2.45) is 0 Å². The van der Waals surface area contributed by atoms with Gasteiger partial charge in [0.15, 0.2) is 0 Å². The quantitative estimate of drug-likeness (QED) is 0.810. The first-order valence-corrected chi connectivity index (χ1v) is 5.16. The van der Waals surface area contributed by atoms with Crippen LogP contribution in [0.2, 0.25) is 0 Å². The molecule has 0 spiro atoms. The minimum absolute atomic E-state index is 0.246. The smallest absolute Gasteiger partial charge is 0.405 e. The first kappa shape index (κ1) is 12.3. The lowest BCUT2D eigenvalue weighted by molar-refractivity contribution is -0.274. The zero-order valence-electron chi connectivity index (χ0n) is 9.51. The molecule has 3 nitrogen and oxygen atoms in total. The molecule has 2 aromatic carbocycles. The highest BCUT2D eigenvalue weighted by atomic mass is 19.4. The van der Waals surface area contributed by atoms with Gasteiger partial charge in [0.05, 0.1) is 0 Å². The highest BCUT2D eigenvalue weighted by Gasteiger charge is 2.32. The monoisotopic (exact) mass is 256 g/mol. The molecule has 0 amide bonds. The summed E-state index contributed by atoms with van der Waals surface area (Å²) in [5.74, 6) is -0.246. The molecule has 0 unspecified atom stereocenters. The number of nitrogens with two attached hydrogens (primary N) is 1. The van der Waals surface area contributed by atoms with Crippen LogP contribution in [-0.2, 0) is 0 Å². The molecular formula is C12H11F3N2O. The molecule has 0 saturated carbocycles. The van der Waals surface area contributed by atoms with Crippen LogP contribution in [0.15, 0.2) is 30.3 Å². The van der Waals surface area contributed by atoms with Crippen LogP contribution in [0.25, 0.3) is 10.8 Å². The molecule has 0 saturated heterocycles. The molecule has 6 heteroatoms. The van der Waals surface area contributed by atoms with Gasteiger partial charge in [-0.05, 0) is 23.6 Å². The zero-order valence-corrected chi connectivity index (χ0v) is 9.51. The Bertz CT molecular complexity index is 581. The third-order valence-corrected chi connectivity index (χ3v) is 2.46. The number of nitrogen functional groups attached to an aromatic ring is 1. The van der Waals surface area contributed by atoms with E-state index < -0.39 is 6.36 Å². The Morgan fingerprint density at radius 1 is 1.22 bits per heavy atom. The Hall–Kier alpha value is -2.11. The largest absolute Gasteiger partial charge is 0.573 e. The van der Waals surface area contributed by atoms with Crippen LogP contribution < -0.4 is 15.8 Å². The summed E-state index contributed by atoms with van der Waals surface area (Å²) < 4.78 is 41.0. The van der Waals surface area contributed by atoms with Crippen molar-refractivity contribution >= 4 is 22.1 Å². The fourth-order valence-corrected chi connectivity index (χ4v) is 1.82. The van der Waals surface area contributed by atoms with E-state index in [1.165, 1.54) is 12.1 Å². The van der Waals surface area contributed by atoms with Crippen molar-refractivity contribution in [2.45, 2.75) is 6.36 Å². The predicted octanol–water partition coefficient (Wildman–Crippen LogP) is 3.36. The average Bonchev–Trinajstić information content (AvgIpc) is 2.25. The maximum absolute atomic E-state index is 12.3. The summed E-state index contributed by atoms with van der Waals surface area (Å²) in [6, 6.07) is 7.59. The SMILES string of the molecule is CNc1cc(N)cc2cccc(OC(F)(F)F)c12. The summed E-state index contributed by atoms with van der Waals surface area (Å²) in [5.41, 5.74) is 6.63. The van der Waals surface area contributed by atoms with Gasteiger partial charge in [-0.2, -0.15) is 0 Å². The molecule has 3 N–H and O–H groups in total. The number of nitrogens with one attached hydrogen (secondary N) is 1. The van der Waals surface area contributed by atoms with Crippen molar-refractivity contribution in [3.63, 3.8) is 0 Å². The van der Waals surface area contributed by atoms with Gasteiger partial charge < -0.3 is 15.8 Å². The molecule has 0 aliphatic heterocycles. The van der Waals surface area contributed by atoms with E-state index in [1.807, 2.05) is 0 Å². The minimum Gasteiger partial charge on any atom is -0.405 e. The van der Waals surface area contributed by atoms with Gasteiger partial charge in [0.1, 0.15) is 5.75 Å². The molecule has 0 aromatic heterocycles. The van der Waals surface area contributed by atoms with Crippen LogP contribution in [0.5, 0.6) is 5.75 Å². The number of alkyl halides is 3. The second kappa shape index (κ2) is 4.29. The third-order valence-electron chi connectivity index (χ3n) is 2.46. The van der Waals surface area contributed by atoms with Crippen LogP contribution in [-0.4, -0.2) is 13.4 Å². The molecule has 96 valence electrons. The number of hydrogen-bond donors (Lipinski definition) is 2. The molecule has 0 heterocycles. The van der Waals surface area contributed by atoms with Crippen LogP contribution >= 0.6 is 0 Å². The van der Waals surface area contributed by atoms with Crippen LogP contribution in [0.1, 0.15) is 0 Å². The van der Waals surface area contributed by atoms with Crippen LogP contribution in [0, 0.1) is 0 Å². The van der Waals surface area contributed by atoms with Crippen molar-refractivity contribution < 1.29 is 17.9 Å². The Kier molecular flexibility index (Phi) is 2.94. The van der Waals surface area contributed by atoms with Crippen molar-refractivity contribution in [3.05, 3.63) is 30.3 Å². The molecule has 18 heavy (non-hydrogen) atoms. The van der Waals surface area contributed by atoms with Crippen molar-refractivity contribution in [3.8, 4) is 5.75 Å². The minimum atomic E-state index is -4.72. The second-order valence-electron chi connectivity index (χ2n) is 3.72. The normalized spacial score (nSPS) is 11.6. The molecule has 0 atom stereocenters. The summed E-state index contributed by atoms with van der Waals surface area (Å²) in [6.07, 6.45) is -4.72. The Morgan fingerprint density at radius 3 is 2.56 bits per heavy atom. The number of anilines is 2. The standard InChI is InChI=1S/C12H11F3N2O/c1-17-9-6-8(16)5-7-3-2-4-10(11(7)9)18-12(13,14)15/h2-6,17H,16H2,1H3. The van der Waals surface area contributed by atoms with Gasteiger partial charge in [-0.1, -0.05) is 12.1 Å². The van der Waals surface area contributed by atoms with Crippen LogP contribution in [0.3, 0.4) is 0 Å². The lowest BCUT2D eigenvalue weighted by atomic mass is 10.1. The number of halogens is 3. The summed E-state index contributed by atoms with van der Waals surface area (Å²) in [5, 5.41) is 3.75. The van der Waals surface area contributed by atoms with E-state index in [4.69, 9.17) is 5.73 Å². The third kappa shape index (κ3) is 2.42. The van der Waals surface area contributed by atoms with Crippen LogP contribution in [0.4, 0.5) is 24.5 Å². The van der Waals surface area contributed by atoms with Gasteiger partial charge in [-0.25, -0.2) is 0 Å². The van der Waals surface area contributed by atoms with E-state index in [-0.39, 0.29) is 5.75 Å². The van der Waals surface area contributed by atoms with Gasteiger partial charge in [-0.3, -0.25) is 0 Å². The molecule has 0 aliphatic carbocycles. The molecule has 2 rings (SSSR count). The molecule has 0 fully saturated rings. The number of benzene rings is 2. The Balaban J connectivity index is 2.67. The maximum Gasteiger partial charge on any atom is 0.573 e. The van der Waals surface area contributed by atoms with Gasteiger partial charge in [0.25, 0.3) is 0 Å². The predicted molar refractivity (Wildman–Crippen MR) is 64.6 cm³/mol. The summed E-state index contributed by atoms with van der Waals surface area (Å²) >= 11 is 0. The molecule has 0 radical (unpaired) electrons. The fraction of sp³-hybridized carbons (Fsp3) is 0.167. The highest BCUT2D eigenvalue weighted by Crippen LogP contribution is 2.36. The molecule has 0 aliphatic rings. The molecular weight excluding hydrogens is 245 g/mol. The van der Waals surface area contributed by atoms with E-state index in [0.717, 1.165) is 0 Å². The summed E-state index contributed by atoms with van der Waals surface area (Å²) in [4.78, 5) is 0. The maximum atomic E-state index is 12.3. The number of hydrogen-bond acceptors (Lipinski definition) is 3. The zero-order chi connectivity index (χ0) is 13.3. The van der Waals surface area contributed by atoms with Gasteiger partial charge in [-0.15, -0.1) is 13.2 Å². The van der Waals surface area contributed by atoms with Crippen molar-refractivity contribution in [1.29, 1.82) is 0 Å². The summed E-state index contributed by atoms with van der Waals surface area (Å²) in [6.45, 7) is 0. The highest BCUT2D eigenvalue weighted by molar-refractivity contribution is 6.00. The van der Waals surface area contributed by atoms with Gasteiger partial charge in [0, 0.05) is 23.8 Å². The fourth-order valence-electron chi connectivity index (χ4n) is 1.82.